The number of benzene rings is 1. The summed E-state index contributed by atoms with van der Waals surface area (Å²) in [5.41, 5.74) is 2.16. The van der Waals surface area contributed by atoms with Crippen molar-refractivity contribution in [2.24, 2.45) is 4.99 Å². The number of hydrogen-bond donors (Lipinski definition) is 2. The van der Waals surface area contributed by atoms with Crippen LogP contribution in [0.25, 0.3) is 0 Å². The number of nitrogens with zero attached hydrogens (tertiary/aromatic N) is 2. The van der Waals surface area contributed by atoms with Crippen molar-refractivity contribution in [2.75, 3.05) is 20.7 Å². The second-order valence-corrected chi connectivity index (χ2v) is 4.74. The van der Waals surface area contributed by atoms with Crippen LogP contribution in [0.3, 0.4) is 0 Å². The molecule has 0 saturated heterocycles. The summed E-state index contributed by atoms with van der Waals surface area (Å²) in [4.78, 5) is 8.49. The minimum Gasteiger partial charge on any atom is -0.496 e. The summed E-state index contributed by atoms with van der Waals surface area (Å²) in [7, 11) is 3.45. The lowest BCUT2D eigenvalue weighted by Gasteiger charge is -2.12. The van der Waals surface area contributed by atoms with Gasteiger partial charge in [-0.25, -0.2) is 0 Å². The van der Waals surface area contributed by atoms with Crippen molar-refractivity contribution in [2.45, 2.75) is 13.0 Å². The van der Waals surface area contributed by atoms with E-state index < -0.39 is 0 Å². The average molecular weight is 426 g/mol. The first-order chi connectivity index (χ1) is 10.8. The molecule has 1 aromatic heterocycles. The van der Waals surface area contributed by atoms with Gasteiger partial charge in [-0.15, -0.1) is 24.0 Å². The summed E-state index contributed by atoms with van der Waals surface area (Å²) in [5, 5.41) is 6.54. The van der Waals surface area contributed by atoms with Gasteiger partial charge in [-0.1, -0.05) is 24.3 Å². The van der Waals surface area contributed by atoms with Crippen LogP contribution in [0.1, 0.15) is 11.3 Å². The Hall–Kier alpha value is -1.83. The molecule has 2 aromatic rings. The van der Waals surface area contributed by atoms with Gasteiger partial charge < -0.3 is 15.4 Å². The standard InChI is InChI=1S/C17H22N4O.HI/c1-18-17(21-13-15-8-5-6-11-19-15)20-12-10-14-7-3-4-9-16(14)22-2;/h3-9,11H,10,12-13H2,1-2H3,(H2,18,20,21);1H. The minimum absolute atomic E-state index is 0. The maximum atomic E-state index is 5.35. The predicted molar refractivity (Wildman–Crippen MR) is 105 cm³/mol. The fourth-order valence-electron chi connectivity index (χ4n) is 2.12. The Balaban J connectivity index is 0.00000264. The number of aromatic nitrogens is 1. The molecule has 2 N–H and O–H groups in total. The van der Waals surface area contributed by atoms with Crippen molar-refractivity contribution >= 4 is 29.9 Å². The highest BCUT2D eigenvalue weighted by atomic mass is 127. The number of pyridine rings is 1. The molecule has 0 radical (unpaired) electrons. The van der Waals surface area contributed by atoms with Crippen molar-refractivity contribution < 1.29 is 4.74 Å². The smallest absolute Gasteiger partial charge is 0.191 e. The molecule has 1 aromatic carbocycles. The third-order valence-electron chi connectivity index (χ3n) is 3.27. The number of aliphatic imine (C=N–C) groups is 1. The Bertz CT molecular complexity index is 605. The molecular formula is C17H23IN4O. The zero-order valence-corrected chi connectivity index (χ0v) is 15.8. The lowest BCUT2D eigenvalue weighted by atomic mass is 10.1. The normalized spacial score (nSPS) is 10.6. The van der Waals surface area contributed by atoms with Gasteiger partial charge in [-0.05, 0) is 30.2 Å². The molecule has 0 aliphatic heterocycles. The maximum Gasteiger partial charge on any atom is 0.191 e. The molecule has 6 heteroatoms. The van der Waals surface area contributed by atoms with Crippen molar-refractivity contribution in [1.29, 1.82) is 0 Å². The van der Waals surface area contributed by atoms with Crippen molar-refractivity contribution in [1.82, 2.24) is 15.6 Å². The number of guanidine groups is 1. The Morgan fingerprint density at radius 2 is 1.91 bits per heavy atom. The summed E-state index contributed by atoms with van der Waals surface area (Å²) in [6.45, 7) is 1.43. The average Bonchev–Trinajstić information content (AvgIpc) is 2.59. The van der Waals surface area contributed by atoms with Gasteiger partial charge in [0, 0.05) is 19.8 Å². The molecular weight excluding hydrogens is 403 g/mol. The second kappa shape index (κ2) is 10.8. The molecule has 124 valence electrons. The first kappa shape index (κ1) is 19.2. The van der Waals surface area contributed by atoms with Gasteiger partial charge in [0.25, 0.3) is 0 Å². The first-order valence-corrected chi connectivity index (χ1v) is 7.30. The highest BCUT2D eigenvalue weighted by Crippen LogP contribution is 2.17. The molecule has 0 amide bonds. The molecule has 23 heavy (non-hydrogen) atoms. The summed E-state index contributed by atoms with van der Waals surface area (Å²) in [6.07, 6.45) is 2.66. The second-order valence-electron chi connectivity index (χ2n) is 4.74. The van der Waals surface area contributed by atoms with Crippen LogP contribution >= 0.6 is 24.0 Å². The summed E-state index contributed by atoms with van der Waals surface area (Å²) in [6, 6.07) is 13.9. The van der Waals surface area contributed by atoms with Gasteiger partial charge in [-0.2, -0.15) is 0 Å². The summed E-state index contributed by atoms with van der Waals surface area (Å²) >= 11 is 0. The number of rotatable bonds is 6. The van der Waals surface area contributed by atoms with Gasteiger partial charge in [0.05, 0.1) is 19.3 Å². The number of ether oxygens (including phenoxy) is 1. The molecule has 0 aliphatic rings. The Labute approximate surface area is 154 Å². The van der Waals surface area contributed by atoms with Crippen LogP contribution in [0.15, 0.2) is 53.7 Å². The van der Waals surface area contributed by atoms with E-state index >= 15 is 0 Å². The van der Waals surface area contributed by atoms with E-state index in [1.54, 1.807) is 20.4 Å². The zero-order chi connectivity index (χ0) is 15.6. The zero-order valence-electron chi connectivity index (χ0n) is 13.5. The van der Waals surface area contributed by atoms with E-state index in [1.165, 1.54) is 5.56 Å². The van der Waals surface area contributed by atoms with Gasteiger partial charge in [0.2, 0.25) is 0 Å². The SMILES string of the molecule is CN=C(NCCc1ccccc1OC)NCc1ccccn1.I. The van der Waals surface area contributed by atoms with Crippen LogP contribution in [0.5, 0.6) is 5.75 Å². The number of hydrogen-bond acceptors (Lipinski definition) is 3. The van der Waals surface area contributed by atoms with E-state index in [4.69, 9.17) is 4.74 Å². The van der Waals surface area contributed by atoms with E-state index in [2.05, 4.69) is 26.7 Å². The third-order valence-corrected chi connectivity index (χ3v) is 3.27. The van der Waals surface area contributed by atoms with Crippen LogP contribution in [-0.2, 0) is 13.0 Å². The highest BCUT2D eigenvalue weighted by Gasteiger charge is 2.02. The number of para-hydroxylation sites is 1. The van der Waals surface area contributed by atoms with Crippen molar-refractivity contribution in [3.05, 3.63) is 59.9 Å². The first-order valence-electron chi connectivity index (χ1n) is 7.30. The van der Waals surface area contributed by atoms with Crippen molar-refractivity contribution in [3.63, 3.8) is 0 Å². The summed E-state index contributed by atoms with van der Waals surface area (Å²) < 4.78 is 5.35. The Morgan fingerprint density at radius 3 is 2.61 bits per heavy atom. The molecule has 1 heterocycles. The number of nitrogens with one attached hydrogen (secondary N) is 2. The van der Waals surface area contributed by atoms with E-state index in [0.717, 1.165) is 30.4 Å². The lowest BCUT2D eigenvalue weighted by molar-refractivity contribution is 0.409. The fourth-order valence-corrected chi connectivity index (χ4v) is 2.12. The molecule has 0 unspecified atom stereocenters. The van der Waals surface area contributed by atoms with E-state index in [-0.39, 0.29) is 24.0 Å². The molecule has 0 atom stereocenters. The Morgan fingerprint density at radius 1 is 1.13 bits per heavy atom. The van der Waals surface area contributed by atoms with Crippen LogP contribution in [0.2, 0.25) is 0 Å². The predicted octanol–water partition coefficient (Wildman–Crippen LogP) is 2.62. The van der Waals surface area contributed by atoms with Crippen LogP contribution in [0.4, 0.5) is 0 Å². The van der Waals surface area contributed by atoms with E-state index in [9.17, 15) is 0 Å². The lowest BCUT2D eigenvalue weighted by Crippen LogP contribution is -2.38. The van der Waals surface area contributed by atoms with E-state index in [1.807, 2.05) is 36.4 Å². The van der Waals surface area contributed by atoms with Crippen LogP contribution in [0, 0.1) is 0 Å². The van der Waals surface area contributed by atoms with Gasteiger partial charge in [0.1, 0.15) is 5.75 Å². The monoisotopic (exact) mass is 426 g/mol. The van der Waals surface area contributed by atoms with Gasteiger partial charge in [0.15, 0.2) is 5.96 Å². The quantitative estimate of drug-likeness (QED) is 0.424. The molecule has 0 bridgehead atoms. The fraction of sp³-hybridized carbons (Fsp3) is 0.294. The highest BCUT2D eigenvalue weighted by molar-refractivity contribution is 14.0. The van der Waals surface area contributed by atoms with E-state index in [0.29, 0.717) is 6.54 Å². The minimum atomic E-state index is 0. The third kappa shape index (κ3) is 6.43. The summed E-state index contributed by atoms with van der Waals surface area (Å²) in [5.74, 6) is 1.68. The topological polar surface area (TPSA) is 58.5 Å². The molecule has 0 fully saturated rings. The largest absolute Gasteiger partial charge is 0.496 e. The van der Waals surface area contributed by atoms with Gasteiger partial charge in [-0.3, -0.25) is 9.98 Å². The van der Waals surface area contributed by atoms with Gasteiger partial charge >= 0.3 is 0 Å². The maximum absolute atomic E-state index is 5.35. The van der Waals surface area contributed by atoms with Crippen molar-refractivity contribution in [3.8, 4) is 5.75 Å². The van der Waals surface area contributed by atoms with Crippen LogP contribution in [-0.4, -0.2) is 31.6 Å². The van der Waals surface area contributed by atoms with Crippen LogP contribution < -0.4 is 15.4 Å². The molecule has 5 nitrogen and oxygen atoms in total. The molecule has 0 spiro atoms. The number of methoxy groups -OCH3 is 1. The molecule has 2 rings (SSSR count). The number of halogens is 1. The molecule has 0 saturated carbocycles. The Kier molecular flexibility index (Phi) is 9.04. The molecule has 0 aliphatic carbocycles.